The Bertz CT molecular complexity index is 991. The molecule has 34 heavy (non-hydrogen) atoms. The van der Waals surface area contributed by atoms with Gasteiger partial charge in [-0.1, -0.05) is 6.92 Å². The molecule has 1 aliphatic heterocycles. The standard InChI is InChI=1S/C26H35NO7/c1-6-27(7-2)12-15-21-23(30)22(29)20-16-8-9-18(33-14-28)25(16,3)11-10-17(20)26(21,4)19(13-32-5)34-24(15)31/h12,14,16,18-19,30H,6-11,13H2,1-5H3/b15-12+/t16?,18-,19+,25-,26-/m0/s1. The lowest BCUT2D eigenvalue weighted by molar-refractivity contribution is -0.156. The lowest BCUT2D eigenvalue weighted by atomic mass is 9.54. The van der Waals surface area contributed by atoms with E-state index in [4.69, 9.17) is 14.2 Å². The molecule has 0 aromatic heterocycles. The molecule has 0 amide bonds. The Hall–Kier alpha value is -2.61. The molecular formula is C26H35NO7. The van der Waals surface area contributed by atoms with E-state index < -0.39 is 23.3 Å². The van der Waals surface area contributed by atoms with Crippen LogP contribution in [0.4, 0.5) is 0 Å². The number of methoxy groups -OCH3 is 1. The van der Waals surface area contributed by atoms with Gasteiger partial charge in [0, 0.05) is 43.0 Å². The van der Waals surface area contributed by atoms with Crippen LogP contribution in [0.2, 0.25) is 0 Å². The molecule has 0 spiro atoms. The van der Waals surface area contributed by atoms with Gasteiger partial charge in [0.1, 0.15) is 12.2 Å². The molecule has 5 atom stereocenters. The topological polar surface area (TPSA) is 102 Å². The maximum absolute atomic E-state index is 13.7. The number of fused-ring (bicyclic) bond motifs is 4. The molecule has 0 aromatic rings. The third-order valence-corrected chi connectivity index (χ3v) is 8.72. The molecule has 0 radical (unpaired) electrons. The highest BCUT2D eigenvalue weighted by molar-refractivity contribution is 6.12. The fourth-order valence-corrected chi connectivity index (χ4v) is 6.75. The van der Waals surface area contributed by atoms with Crippen LogP contribution >= 0.6 is 0 Å². The Morgan fingerprint density at radius 2 is 1.91 bits per heavy atom. The van der Waals surface area contributed by atoms with E-state index in [-0.39, 0.29) is 35.4 Å². The van der Waals surface area contributed by atoms with Gasteiger partial charge in [0.25, 0.3) is 6.47 Å². The molecule has 0 bridgehead atoms. The van der Waals surface area contributed by atoms with Gasteiger partial charge in [0.2, 0.25) is 5.78 Å². The molecule has 8 heteroatoms. The van der Waals surface area contributed by atoms with Crippen LogP contribution in [0.5, 0.6) is 0 Å². The zero-order chi connectivity index (χ0) is 24.8. The Morgan fingerprint density at radius 3 is 2.53 bits per heavy atom. The zero-order valence-corrected chi connectivity index (χ0v) is 20.7. The van der Waals surface area contributed by atoms with E-state index in [1.54, 1.807) is 13.3 Å². The van der Waals surface area contributed by atoms with Crippen molar-refractivity contribution in [1.82, 2.24) is 4.90 Å². The van der Waals surface area contributed by atoms with Crippen molar-refractivity contribution in [2.75, 3.05) is 26.8 Å². The van der Waals surface area contributed by atoms with Gasteiger partial charge >= 0.3 is 5.97 Å². The summed E-state index contributed by atoms with van der Waals surface area (Å²) < 4.78 is 16.7. The van der Waals surface area contributed by atoms with E-state index in [0.717, 1.165) is 12.0 Å². The fraction of sp³-hybridized carbons (Fsp3) is 0.654. The maximum Gasteiger partial charge on any atom is 0.340 e. The van der Waals surface area contributed by atoms with E-state index in [2.05, 4.69) is 6.92 Å². The molecule has 0 aromatic carbocycles. The summed E-state index contributed by atoms with van der Waals surface area (Å²) in [6, 6.07) is 0. The average Bonchev–Trinajstić information content (AvgIpc) is 3.14. The molecule has 1 heterocycles. The average molecular weight is 474 g/mol. The summed E-state index contributed by atoms with van der Waals surface area (Å²) in [6.45, 7) is 9.92. The summed E-state index contributed by atoms with van der Waals surface area (Å²) >= 11 is 0. The maximum atomic E-state index is 13.7. The van der Waals surface area contributed by atoms with Crippen molar-refractivity contribution in [3.63, 3.8) is 0 Å². The number of aliphatic hydroxyl groups excluding tert-OH is 1. The molecule has 2 fully saturated rings. The molecule has 8 nitrogen and oxygen atoms in total. The molecular weight excluding hydrogens is 438 g/mol. The van der Waals surface area contributed by atoms with E-state index in [9.17, 15) is 19.5 Å². The van der Waals surface area contributed by atoms with Crippen LogP contribution in [0.25, 0.3) is 0 Å². The number of carbonyl (C=O) groups is 3. The first-order valence-corrected chi connectivity index (χ1v) is 12.2. The van der Waals surface area contributed by atoms with Crippen LogP contribution in [0, 0.1) is 16.7 Å². The molecule has 4 aliphatic rings. The van der Waals surface area contributed by atoms with Gasteiger partial charge in [-0.3, -0.25) is 9.59 Å². The number of esters is 1. The highest BCUT2D eigenvalue weighted by Crippen LogP contribution is 2.63. The monoisotopic (exact) mass is 473 g/mol. The molecule has 1 unspecified atom stereocenters. The van der Waals surface area contributed by atoms with Gasteiger partial charge in [-0.2, -0.15) is 0 Å². The van der Waals surface area contributed by atoms with Crippen LogP contribution < -0.4 is 0 Å². The predicted molar refractivity (Wildman–Crippen MR) is 124 cm³/mol. The first-order valence-electron chi connectivity index (χ1n) is 12.2. The summed E-state index contributed by atoms with van der Waals surface area (Å²) in [5, 5.41) is 11.4. The number of ether oxygens (including phenoxy) is 3. The van der Waals surface area contributed by atoms with Gasteiger partial charge in [-0.15, -0.1) is 0 Å². The second kappa shape index (κ2) is 8.87. The summed E-state index contributed by atoms with van der Waals surface area (Å²) in [4.78, 5) is 39.9. The number of hydrogen-bond donors (Lipinski definition) is 1. The van der Waals surface area contributed by atoms with E-state index in [1.807, 2.05) is 25.7 Å². The van der Waals surface area contributed by atoms with Gasteiger partial charge < -0.3 is 24.2 Å². The van der Waals surface area contributed by atoms with Gasteiger partial charge in [0.15, 0.2) is 5.76 Å². The fourth-order valence-electron chi connectivity index (χ4n) is 6.75. The summed E-state index contributed by atoms with van der Waals surface area (Å²) in [7, 11) is 1.54. The molecule has 4 rings (SSSR count). The minimum atomic E-state index is -0.902. The molecule has 1 saturated carbocycles. The second-order valence-corrected chi connectivity index (χ2v) is 10.1. The van der Waals surface area contributed by atoms with Crippen molar-refractivity contribution in [3.8, 4) is 0 Å². The molecule has 3 aliphatic carbocycles. The zero-order valence-electron chi connectivity index (χ0n) is 20.7. The quantitative estimate of drug-likeness (QED) is 0.342. The first-order chi connectivity index (χ1) is 16.2. The third kappa shape index (κ3) is 3.33. The second-order valence-electron chi connectivity index (χ2n) is 10.1. The van der Waals surface area contributed by atoms with Gasteiger partial charge in [-0.25, -0.2) is 4.79 Å². The number of cyclic esters (lactones) is 1. The number of aliphatic hydroxyl groups is 1. The van der Waals surface area contributed by atoms with Crippen LogP contribution in [-0.4, -0.2) is 67.2 Å². The predicted octanol–water partition coefficient (Wildman–Crippen LogP) is 3.23. The Kier molecular flexibility index (Phi) is 6.40. The van der Waals surface area contributed by atoms with Gasteiger partial charge in [-0.05, 0) is 57.9 Å². The van der Waals surface area contributed by atoms with Crippen LogP contribution in [-0.2, 0) is 28.6 Å². The van der Waals surface area contributed by atoms with Crippen molar-refractivity contribution >= 4 is 18.2 Å². The minimum Gasteiger partial charge on any atom is -0.504 e. The van der Waals surface area contributed by atoms with Gasteiger partial charge in [0.05, 0.1) is 17.6 Å². The summed E-state index contributed by atoms with van der Waals surface area (Å²) in [5.41, 5.74) is 0.768. The Labute approximate surface area is 200 Å². The SMILES string of the molecule is CCN(/C=C1/C(=O)O[C@H](COC)[C@]2(C)C3=C(C(=O)C(O)=C12)C1CC[C@H](OC=O)[C@@]1(C)CC3)CC. The summed E-state index contributed by atoms with van der Waals surface area (Å²) in [6.07, 6.45) is 3.42. The number of carbonyl (C=O) groups excluding carboxylic acids is 3. The lowest BCUT2D eigenvalue weighted by Gasteiger charge is -2.52. The van der Waals surface area contributed by atoms with E-state index >= 15 is 0 Å². The number of allylic oxidation sites excluding steroid dienone is 1. The number of hydrogen-bond acceptors (Lipinski definition) is 8. The van der Waals surface area contributed by atoms with E-state index in [1.165, 1.54) is 0 Å². The number of ketones is 1. The van der Waals surface area contributed by atoms with Crippen molar-refractivity contribution in [2.24, 2.45) is 16.7 Å². The molecule has 186 valence electrons. The van der Waals surface area contributed by atoms with E-state index in [0.29, 0.717) is 50.0 Å². The van der Waals surface area contributed by atoms with Crippen molar-refractivity contribution in [3.05, 3.63) is 34.3 Å². The van der Waals surface area contributed by atoms with Crippen molar-refractivity contribution < 1.29 is 33.7 Å². The molecule has 1 N–H and O–H groups in total. The first kappa shape index (κ1) is 24.5. The van der Waals surface area contributed by atoms with Crippen molar-refractivity contribution in [1.29, 1.82) is 0 Å². The Morgan fingerprint density at radius 1 is 1.21 bits per heavy atom. The molecule has 1 saturated heterocycles. The summed E-state index contributed by atoms with van der Waals surface area (Å²) in [5.74, 6) is -1.53. The normalized spacial score (nSPS) is 36.1. The number of Topliss-reactive ketones (excluding diaryl/α,β-unsaturated/α-hetero) is 1. The smallest absolute Gasteiger partial charge is 0.340 e. The third-order valence-electron chi connectivity index (χ3n) is 8.72. The van der Waals surface area contributed by atoms with Crippen LogP contribution in [0.3, 0.4) is 0 Å². The highest BCUT2D eigenvalue weighted by Gasteiger charge is 2.61. The number of nitrogens with zero attached hydrogens (tertiary/aromatic N) is 1. The largest absolute Gasteiger partial charge is 0.504 e. The highest BCUT2D eigenvalue weighted by atomic mass is 16.6. The lowest BCUT2D eigenvalue weighted by Crippen LogP contribution is -2.53. The van der Waals surface area contributed by atoms with Crippen molar-refractivity contribution in [2.45, 2.75) is 65.6 Å². The Balaban J connectivity index is 1.91. The van der Waals surface area contributed by atoms with Crippen LogP contribution in [0.1, 0.15) is 53.4 Å². The van der Waals surface area contributed by atoms with Crippen LogP contribution in [0.15, 0.2) is 34.3 Å². The minimum absolute atomic E-state index is 0.140. The number of rotatable bonds is 7.